The highest BCUT2D eigenvalue weighted by atomic mass is 32.1. The fourth-order valence-corrected chi connectivity index (χ4v) is 1.48. The molecule has 0 bridgehead atoms. The predicted molar refractivity (Wildman–Crippen MR) is 43.6 cm³/mol. The van der Waals surface area contributed by atoms with Crippen molar-refractivity contribution in [2.75, 3.05) is 0 Å². The number of hydrogen-bond donors (Lipinski definition) is 0. The fourth-order valence-electron chi connectivity index (χ4n) is 0.870. The summed E-state index contributed by atoms with van der Waals surface area (Å²) >= 11 is 1.63. The van der Waals surface area contributed by atoms with Crippen LogP contribution in [0.15, 0.2) is 42.2 Å². The average Bonchev–Trinajstić information content (AvgIpc) is 2.58. The van der Waals surface area contributed by atoms with Crippen molar-refractivity contribution < 1.29 is 4.57 Å². The third-order valence-corrected chi connectivity index (χ3v) is 2.14. The SMILES string of the molecule is c1cc[n+](-c2nccs2)cc1. The van der Waals surface area contributed by atoms with E-state index in [0.29, 0.717) is 0 Å². The van der Waals surface area contributed by atoms with Gasteiger partial charge in [0.15, 0.2) is 6.20 Å². The van der Waals surface area contributed by atoms with Crippen LogP contribution in [-0.2, 0) is 0 Å². The van der Waals surface area contributed by atoms with Crippen molar-refractivity contribution >= 4 is 11.3 Å². The molecule has 3 heteroatoms. The third-order valence-electron chi connectivity index (χ3n) is 1.36. The zero-order valence-corrected chi connectivity index (χ0v) is 6.66. The zero-order chi connectivity index (χ0) is 7.52. The quantitative estimate of drug-likeness (QED) is 0.581. The smallest absolute Gasteiger partial charge is 0.194 e. The van der Waals surface area contributed by atoms with Crippen LogP contribution in [-0.4, -0.2) is 4.98 Å². The normalized spacial score (nSPS) is 9.82. The molecule has 11 heavy (non-hydrogen) atoms. The molecule has 0 unspecified atom stereocenters. The van der Waals surface area contributed by atoms with Crippen molar-refractivity contribution in [2.24, 2.45) is 0 Å². The van der Waals surface area contributed by atoms with Crippen LogP contribution in [0.3, 0.4) is 0 Å². The second kappa shape index (κ2) is 2.80. The molecule has 2 heterocycles. The molecular weight excluding hydrogens is 156 g/mol. The molecule has 0 fully saturated rings. The molecule has 54 valence electrons. The highest BCUT2D eigenvalue weighted by Gasteiger charge is 2.04. The first kappa shape index (κ1) is 6.49. The molecule has 0 N–H and O–H groups in total. The summed E-state index contributed by atoms with van der Waals surface area (Å²) in [4.78, 5) is 4.17. The number of rotatable bonds is 1. The summed E-state index contributed by atoms with van der Waals surface area (Å²) < 4.78 is 1.99. The summed E-state index contributed by atoms with van der Waals surface area (Å²) in [6, 6.07) is 5.97. The van der Waals surface area contributed by atoms with Crippen molar-refractivity contribution in [1.29, 1.82) is 0 Å². The fraction of sp³-hybridized carbons (Fsp3) is 0. The van der Waals surface area contributed by atoms with Crippen LogP contribution in [0.5, 0.6) is 0 Å². The molecule has 2 aromatic rings. The minimum Gasteiger partial charge on any atom is -0.194 e. The minimum atomic E-state index is 1.01. The van der Waals surface area contributed by atoms with Gasteiger partial charge in [0, 0.05) is 5.38 Å². The van der Waals surface area contributed by atoms with Gasteiger partial charge in [-0.1, -0.05) is 17.4 Å². The molecule has 0 saturated carbocycles. The van der Waals surface area contributed by atoms with Gasteiger partial charge in [0.25, 0.3) is 0 Å². The second-order valence-corrected chi connectivity index (χ2v) is 2.97. The van der Waals surface area contributed by atoms with E-state index in [0.717, 1.165) is 5.13 Å². The van der Waals surface area contributed by atoms with Crippen LogP contribution >= 0.6 is 11.3 Å². The molecule has 0 amide bonds. The van der Waals surface area contributed by atoms with E-state index in [4.69, 9.17) is 0 Å². The number of nitrogens with zero attached hydrogens (tertiary/aromatic N) is 2. The van der Waals surface area contributed by atoms with Crippen LogP contribution in [0.4, 0.5) is 0 Å². The van der Waals surface area contributed by atoms with Crippen LogP contribution in [0, 0.1) is 0 Å². The summed E-state index contributed by atoms with van der Waals surface area (Å²) in [6.45, 7) is 0. The van der Waals surface area contributed by atoms with Gasteiger partial charge in [-0.25, -0.2) is 0 Å². The zero-order valence-electron chi connectivity index (χ0n) is 5.84. The van der Waals surface area contributed by atoms with Gasteiger partial charge in [0.05, 0.1) is 12.4 Å². The maximum absolute atomic E-state index is 4.17. The van der Waals surface area contributed by atoms with Gasteiger partial charge in [0.1, 0.15) is 0 Å². The third kappa shape index (κ3) is 1.28. The van der Waals surface area contributed by atoms with Crippen molar-refractivity contribution in [3.63, 3.8) is 0 Å². The Morgan fingerprint density at radius 2 is 2.00 bits per heavy atom. The lowest BCUT2D eigenvalue weighted by Crippen LogP contribution is -2.28. The van der Waals surface area contributed by atoms with E-state index in [1.54, 1.807) is 17.5 Å². The predicted octanol–water partition coefficient (Wildman–Crippen LogP) is 1.42. The van der Waals surface area contributed by atoms with Crippen LogP contribution in [0.2, 0.25) is 0 Å². The summed E-state index contributed by atoms with van der Waals surface area (Å²) in [6.07, 6.45) is 5.78. The Balaban J connectivity index is 2.46. The summed E-state index contributed by atoms with van der Waals surface area (Å²) in [5.74, 6) is 0. The number of thiazole rings is 1. The molecule has 2 aromatic heterocycles. The Kier molecular flexibility index (Phi) is 1.65. The van der Waals surface area contributed by atoms with E-state index in [1.807, 2.05) is 40.5 Å². The Labute approximate surface area is 68.8 Å². The highest BCUT2D eigenvalue weighted by Crippen LogP contribution is 2.01. The van der Waals surface area contributed by atoms with Gasteiger partial charge >= 0.3 is 5.13 Å². The largest absolute Gasteiger partial charge is 0.386 e. The maximum atomic E-state index is 4.17. The molecule has 0 spiro atoms. The number of aromatic nitrogens is 2. The van der Waals surface area contributed by atoms with Gasteiger partial charge in [-0.2, -0.15) is 4.57 Å². The van der Waals surface area contributed by atoms with Gasteiger partial charge in [-0.3, -0.25) is 0 Å². The highest BCUT2D eigenvalue weighted by molar-refractivity contribution is 7.11. The summed E-state index contributed by atoms with van der Waals surface area (Å²) in [5.41, 5.74) is 0. The molecule has 0 radical (unpaired) electrons. The first-order valence-corrected chi connectivity index (χ1v) is 4.21. The first-order valence-electron chi connectivity index (χ1n) is 3.33. The second-order valence-electron chi connectivity index (χ2n) is 2.10. The Hall–Kier alpha value is -1.22. The van der Waals surface area contributed by atoms with Crippen LogP contribution in [0.25, 0.3) is 5.13 Å². The standard InChI is InChI=1S/C8H7N2S/c1-2-5-10(6-3-1)8-9-4-7-11-8/h1-7H/q+1. The van der Waals surface area contributed by atoms with Crippen LogP contribution < -0.4 is 4.57 Å². The molecule has 0 aliphatic carbocycles. The van der Waals surface area contributed by atoms with Gasteiger partial charge in [-0.05, 0) is 17.1 Å². The van der Waals surface area contributed by atoms with Crippen molar-refractivity contribution in [2.45, 2.75) is 0 Å². The van der Waals surface area contributed by atoms with E-state index >= 15 is 0 Å². The van der Waals surface area contributed by atoms with E-state index in [1.165, 1.54) is 0 Å². The van der Waals surface area contributed by atoms with Crippen molar-refractivity contribution in [3.05, 3.63) is 42.2 Å². The average molecular weight is 163 g/mol. The molecule has 0 aromatic carbocycles. The van der Waals surface area contributed by atoms with E-state index in [-0.39, 0.29) is 0 Å². The van der Waals surface area contributed by atoms with Gasteiger partial charge in [0.2, 0.25) is 0 Å². The summed E-state index contributed by atoms with van der Waals surface area (Å²) in [7, 11) is 0. The molecule has 0 saturated heterocycles. The minimum absolute atomic E-state index is 1.01. The van der Waals surface area contributed by atoms with E-state index < -0.39 is 0 Å². The molecule has 0 aliphatic heterocycles. The number of pyridine rings is 1. The summed E-state index contributed by atoms with van der Waals surface area (Å²) in [5, 5.41) is 2.97. The van der Waals surface area contributed by atoms with E-state index in [9.17, 15) is 0 Å². The van der Waals surface area contributed by atoms with Gasteiger partial charge < -0.3 is 0 Å². The lowest BCUT2D eigenvalue weighted by atomic mass is 10.5. The molecule has 0 atom stereocenters. The molecule has 0 aliphatic rings. The van der Waals surface area contributed by atoms with Crippen molar-refractivity contribution in [3.8, 4) is 5.13 Å². The first-order chi connectivity index (χ1) is 5.47. The van der Waals surface area contributed by atoms with Gasteiger partial charge in [-0.15, -0.1) is 0 Å². The molecule has 2 rings (SSSR count). The van der Waals surface area contributed by atoms with E-state index in [2.05, 4.69) is 4.98 Å². The van der Waals surface area contributed by atoms with Crippen molar-refractivity contribution in [1.82, 2.24) is 4.98 Å². The topological polar surface area (TPSA) is 16.8 Å². The monoisotopic (exact) mass is 163 g/mol. The number of hydrogen-bond acceptors (Lipinski definition) is 2. The van der Waals surface area contributed by atoms with Crippen LogP contribution in [0.1, 0.15) is 0 Å². The molecular formula is C8H7N2S+. The Bertz CT molecular complexity index is 315. The lowest BCUT2D eigenvalue weighted by molar-refractivity contribution is -0.595. The maximum Gasteiger partial charge on any atom is 0.386 e. The Morgan fingerprint density at radius 3 is 2.64 bits per heavy atom. The molecule has 2 nitrogen and oxygen atoms in total. The lowest BCUT2D eigenvalue weighted by Gasteiger charge is -1.87. The Morgan fingerprint density at radius 1 is 1.18 bits per heavy atom.